The van der Waals surface area contributed by atoms with Crippen LogP contribution in [-0.2, 0) is 16.0 Å². The van der Waals surface area contributed by atoms with E-state index in [1.807, 2.05) is 59.5 Å². The van der Waals surface area contributed by atoms with Crippen molar-refractivity contribution in [2.24, 2.45) is 11.8 Å². The summed E-state index contributed by atoms with van der Waals surface area (Å²) in [6.45, 7) is 1.35. The summed E-state index contributed by atoms with van der Waals surface area (Å²) in [7, 11) is 0. The molecular formula is C24H28N2O3. The third-order valence-corrected chi connectivity index (χ3v) is 6.30. The van der Waals surface area contributed by atoms with Crippen LogP contribution in [0.15, 0.2) is 54.6 Å². The molecule has 2 aromatic rings. The molecule has 4 rings (SSSR count). The Morgan fingerprint density at radius 2 is 1.76 bits per heavy atom. The molecule has 0 bridgehead atoms. The van der Waals surface area contributed by atoms with Crippen LogP contribution < -0.4 is 5.32 Å². The first-order valence-corrected chi connectivity index (χ1v) is 10.5. The summed E-state index contributed by atoms with van der Waals surface area (Å²) >= 11 is 0. The number of benzene rings is 2. The second kappa shape index (κ2) is 8.78. The molecule has 2 N–H and O–H groups in total. The van der Waals surface area contributed by atoms with Gasteiger partial charge in [0.15, 0.2) is 0 Å². The summed E-state index contributed by atoms with van der Waals surface area (Å²) in [5.74, 6) is 0.166. The summed E-state index contributed by atoms with van der Waals surface area (Å²) in [5.41, 5.74) is 2.97. The molecule has 2 amide bonds. The van der Waals surface area contributed by atoms with Crippen LogP contribution in [0.3, 0.4) is 0 Å². The Hall–Kier alpha value is -2.66. The van der Waals surface area contributed by atoms with Gasteiger partial charge in [-0.15, -0.1) is 0 Å². The largest absolute Gasteiger partial charge is 0.388 e. The van der Waals surface area contributed by atoms with Gasteiger partial charge in [0.1, 0.15) is 0 Å². The van der Waals surface area contributed by atoms with E-state index in [0.717, 1.165) is 29.7 Å². The van der Waals surface area contributed by atoms with Crippen LogP contribution in [-0.4, -0.2) is 34.9 Å². The molecular weight excluding hydrogens is 364 g/mol. The molecule has 0 spiro atoms. The molecule has 5 heteroatoms. The normalized spacial score (nSPS) is 20.7. The number of rotatable bonds is 5. The van der Waals surface area contributed by atoms with E-state index in [2.05, 4.69) is 5.32 Å². The van der Waals surface area contributed by atoms with E-state index in [1.54, 1.807) is 0 Å². The van der Waals surface area contributed by atoms with Crippen LogP contribution in [0, 0.1) is 11.8 Å². The number of hydrogen-bond donors (Lipinski definition) is 2. The van der Waals surface area contributed by atoms with E-state index in [4.69, 9.17) is 0 Å². The number of fused-ring (bicyclic) bond motifs is 1. The second-order valence-electron chi connectivity index (χ2n) is 8.16. The zero-order valence-electron chi connectivity index (χ0n) is 16.6. The fourth-order valence-corrected chi connectivity index (χ4v) is 4.49. The van der Waals surface area contributed by atoms with Crippen molar-refractivity contribution in [2.45, 2.75) is 38.2 Å². The SMILES string of the molecule is O=C1Nc2ccccc2CC1CCC(=O)N1CCC(C(O)c2ccccc2)CC1. The van der Waals surface area contributed by atoms with Gasteiger partial charge in [-0.3, -0.25) is 9.59 Å². The van der Waals surface area contributed by atoms with Crippen molar-refractivity contribution in [3.8, 4) is 0 Å². The Morgan fingerprint density at radius 1 is 1.07 bits per heavy atom. The molecule has 2 unspecified atom stereocenters. The monoisotopic (exact) mass is 392 g/mol. The summed E-state index contributed by atoms with van der Waals surface area (Å²) in [4.78, 5) is 26.9. The molecule has 0 aliphatic carbocycles. The van der Waals surface area contributed by atoms with Crippen LogP contribution >= 0.6 is 0 Å². The maximum absolute atomic E-state index is 12.7. The standard InChI is InChI=1S/C24H28N2O3/c27-22(11-10-20-16-19-8-4-5-9-21(19)25-24(20)29)26-14-12-18(13-15-26)23(28)17-6-2-1-3-7-17/h1-9,18,20,23,28H,10-16H2,(H,25,29). The number of aliphatic hydroxyl groups is 1. The number of para-hydroxylation sites is 1. The molecule has 1 saturated heterocycles. The average molecular weight is 392 g/mol. The van der Waals surface area contributed by atoms with Crippen LogP contribution in [0.25, 0.3) is 0 Å². The number of hydrogen-bond acceptors (Lipinski definition) is 3. The minimum absolute atomic E-state index is 0.0150. The number of aliphatic hydroxyl groups excluding tert-OH is 1. The van der Waals surface area contributed by atoms with Crippen LogP contribution in [0.4, 0.5) is 5.69 Å². The van der Waals surface area contributed by atoms with Crippen molar-refractivity contribution in [3.63, 3.8) is 0 Å². The Morgan fingerprint density at radius 3 is 2.52 bits per heavy atom. The van der Waals surface area contributed by atoms with Gasteiger partial charge in [-0.05, 0) is 48.8 Å². The van der Waals surface area contributed by atoms with E-state index in [9.17, 15) is 14.7 Å². The first-order valence-electron chi connectivity index (χ1n) is 10.5. The Kier molecular flexibility index (Phi) is 5.95. The van der Waals surface area contributed by atoms with Gasteiger partial charge in [-0.25, -0.2) is 0 Å². The van der Waals surface area contributed by atoms with Gasteiger partial charge in [0.25, 0.3) is 0 Å². The summed E-state index contributed by atoms with van der Waals surface area (Å²) in [6, 6.07) is 17.6. The van der Waals surface area contributed by atoms with Gasteiger partial charge in [-0.1, -0.05) is 48.5 Å². The molecule has 2 heterocycles. The van der Waals surface area contributed by atoms with Crippen molar-refractivity contribution in [2.75, 3.05) is 18.4 Å². The smallest absolute Gasteiger partial charge is 0.227 e. The van der Waals surface area contributed by atoms with E-state index < -0.39 is 6.10 Å². The third-order valence-electron chi connectivity index (χ3n) is 6.30. The zero-order valence-corrected chi connectivity index (χ0v) is 16.6. The molecule has 2 aliphatic heterocycles. The fraction of sp³-hybridized carbons (Fsp3) is 0.417. The van der Waals surface area contributed by atoms with Gasteiger partial charge in [0.05, 0.1) is 6.10 Å². The molecule has 1 fully saturated rings. The number of carbonyl (C=O) groups excluding carboxylic acids is 2. The maximum Gasteiger partial charge on any atom is 0.227 e. The topological polar surface area (TPSA) is 69.6 Å². The molecule has 0 saturated carbocycles. The van der Waals surface area contributed by atoms with Crippen molar-refractivity contribution in [1.82, 2.24) is 4.90 Å². The van der Waals surface area contributed by atoms with Crippen LogP contribution in [0.1, 0.15) is 42.9 Å². The van der Waals surface area contributed by atoms with E-state index in [-0.39, 0.29) is 23.7 Å². The van der Waals surface area contributed by atoms with Crippen molar-refractivity contribution >= 4 is 17.5 Å². The number of carbonyl (C=O) groups is 2. The Labute approximate surface area is 171 Å². The Balaban J connectivity index is 1.26. The molecule has 2 aliphatic rings. The first-order chi connectivity index (χ1) is 14.1. The minimum Gasteiger partial charge on any atom is -0.388 e. The Bertz CT molecular complexity index is 859. The summed E-state index contributed by atoms with van der Waals surface area (Å²) in [5, 5.41) is 13.6. The van der Waals surface area contributed by atoms with E-state index in [1.165, 1.54) is 0 Å². The number of likely N-dealkylation sites (tertiary alicyclic amines) is 1. The van der Waals surface area contributed by atoms with Crippen molar-refractivity contribution in [3.05, 3.63) is 65.7 Å². The summed E-state index contributed by atoms with van der Waals surface area (Å²) in [6.07, 6.45) is 2.80. The number of nitrogens with one attached hydrogen (secondary N) is 1. The number of anilines is 1. The highest BCUT2D eigenvalue weighted by molar-refractivity contribution is 5.96. The second-order valence-corrected chi connectivity index (χ2v) is 8.16. The highest BCUT2D eigenvalue weighted by Gasteiger charge is 2.30. The lowest BCUT2D eigenvalue weighted by atomic mass is 9.87. The molecule has 152 valence electrons. The molecule has 2 aromatic carbocycles. The van der Waals surface area contributed by atoms with Gasteiger partial charge in [0.2, 0.25) is 11.8 Å². The molecule has 2 atom stereocenters. The lowest BCUT2D eigenvalue weighted by molar-refractivity contribution is -0.133. The highest BCUT2D eigenvalue weighted by Crippen LogP contribution is 2.31. The van der Waals surface area contributed by atoms with Gasteiger partial charge in [0, 0.05) is 31.1 Å². The zero-order chi connectivity index (χ0) is 20.2. The van der Waals surface area contributed by atoms with E-state index >= 15 is 0 Å². The number of piperidine rings is 1. The predicted octanol–water partition coefficient (Wildman–Crippen LogP) is 3.55. The summed E-state index contributed by atoms with van der Waals surface area (Å²) < 4.78 is 0. The van der Waals surface area contributed by atoms with E-state index in [0.29, 0.717) is 32.4 Å². The molecule has 29 heavy (non-hydrogen) atoms. The lowest BCUT2D eigenvalue weighted by Gasteiger charge is -2.34. The first kappa shape index (κ1) is 19.6. The molecule has 0 aromatic heterocycles. The van der Waals surface area contributed by atoms with Crippen molar-refractivity contribution in [1.29, 1.82) is 0 Å². The van der Waals surface area contributed by atoms with Gasteiger partial charge < -0.3 is 15.3 Å². The maximum atomic E-state index is 12.7. The fourth-order valence-electron chi connectivity index (χ4n) is 4.49. The third kappa shape index (κ3) is 4.51. The lowest BCUT2D eigenvalue weighted by Crippen LogP contribution is -2.40. The number of amides is 2. The quantitative estimate of drug-likeness (QED) is 0.818. The van der Waals surface area contributed by atoms with Gasteiger partial charge in [-0.2, -0.15) is 0 Å². The van der Waals surface area contributed by atoms with Crippen LogP contribution in [0.2, 0.25) is 0 Å². The van der Waals surface area contributed by atoms with Crippen LogP contribution in [0.5, 0.6) is 0 Å². The molecule has 5 nitrogen and oxygen atoms in total. The average Bonchev–Trinajstić information content (AvgIpc) is 2.77. The van der Waals surface area contributed by atoms with Gasteiger partial charge >= 0.3 is 0 Å². The minimum atomic E-state index is -0.473. The number of nitrogens with zero attached hydrogens (tertiary/aromatic N) is 1. The predicted molar refractivity (Wildman–Crippen MR) is 112 cm³/mol. The van der Waals surface area contributed by atoms with Crippen molar-refractivity contribution < 1.29 is 14.7 Å². The molecule has 0 radical (unpaired) electrons. The highest BCUT2D eigenvalue weighted by atomic mass is 16.3.